The van der Waals surface area contributed by atoms with Crippen molar-refractivity contribution in [2.45, 2.75) is 19.4 Å². The molecule has 0 radical (unpaired) electrons. The van der Waals surface area contributed by atoms with Crippen molar-refractivity contribution in [1.29, 1.82) is 0 Å². The maximum atomic E-state index is 12.9. The molecule has 0 spiro atoms. The zero-order chi connectivity index (χ0) is 15.6. The number of fused-ring (bicyclic) bond motifs is 2. The lowest BCUT2D eigenvalue weighted by Gasteiger charge is -2.11. The molecule has 3 rings (SSSR count). The van der Waals surface area contributed by atoms with Crippen LogP contribution >= 0.6 is 0 Å². The monoisotopic (exact) mass is 307 g/mol. The second-order valence-electron chi connectivity index (χ2n) is 4.46. The van der Waals surface area contributed by atoms with E-state index in [2.05, 4.69) is 9.47 Å². The molecule has 0 saturated carbocycles. The van der Waals surface area contributed by atoms with Crippen LogP contribution in [-0.4, -0.2) is 11.3 Å². The average molecular weight is 307 g/mol. The number of H-pyrrole nitrogens is 1. The molecule has 0 saturated heterocycles. The van der Waals surface area contributed by atoms with Gasteiger partial charge in [0.1, 0.15) is 5.69 Å². The molecule has 1 aliphatic rings. The van der Waals surface area contributed by atoms with Crippen molar-refractivity contribution >= 4 is 10.9 Å². The molecule has 1 N–H and O–H groups in total. The molecule has 9 heteroatoms. The minimum Gasteiger partial charge on any atom is -0.395 e. The van der Waals surface area contributed by atoms with E-state index in [0.29, 0.717) is 0 Å². The van der Waals surface area contributed by atoms with Crippen LogP contribution in [0.5, 0.6) is 11.5 Å². The van der Waals surface area contributed by atoms with Crippen LogP contribution < -0.4 is 14.9 Å². The van der Waals surface area contributed by atoms with E-state index >= 15 is 0 Å². The lowest BCUT2D eigenvalue weighted by molar-refractivity contribution is -0.286. The summed E-state index contributed by atoms with van der Waals surface area (Å²) in [6.07, 6.45) is -8.68. The second-order valence-corrected chi connectivity index (χ2v) is 4.46. The molecule has 2 heterocycles. The number of ether oxygens (including phenoxy) is 2. The lowest BCUT2D eigenvalue weighted by Crippen LogP contribution is -2.25. The SMILES string of the molecule is Cc1c(C(F)(F)F)[nH]c2cc3c(cc2c1=O)OC(F)(F)O3. The van der Waals surface area contributed by atoms with E-state index in [1.165, 1.54) is 0 Å². The van der Waals surface area contributed by atoms with Gasteiger partial charge in [-0.05, 0) is 13.0 Å². The van der Waals surface area contributed by atoms with Gasteiger partial charge < -0.3 is 14.5 Å². The highest BCUT2D eigenvalue weighted by Gasteiger charge is 2.44. The highest BCUT2D eigenvalue weighted by molar-refractivity contribution is 5.83. The standard InChI is InChI=1S/C12H6F5NO3/c1-4-9(19)5-2-7-8(21-12(16,17)20-7)3-6(5)18-10(4)11(13,14)15/h2-3H,1H3,(H,18,19). The maximum absolute atomic E-state index is 12.9. The van der Waals surface area contributed by atoms with Crippen LogP contribution in [0, 0.1) is 6.92 Å². The quantitative estimate of drug-likeness (QED) is 0.761. The zero-order valence-corrected chi connectivity index (χ0v) is 10.3. The van der Waals surface area contributed by atoms with Crippen LogP contribution in [0.3, 0.4) is 0 Å². The third-order valence-electron chi connectivity index (χ3n) is 3.04. The van der Waals surface area contributed by atoms with Gasteiger partial charge in [-0.2, -0.15) is 13.2 Å². The van der Waals surface area contributed by atoms with Crippen LogP contribution in [0.25, 0.3) is 10.9 Å². The Morgan fingerprint density at radius 2 is 1.71 bits per heavy atom. The second kappa shape index (κ2) is 3.86. The number of pyridine rings is 1. The molecule has 2 aromatic rings. The summed E-state index contributed by atoms with van der Waals surface area (Å²) in [7, 11) is 0. The largest absolute Gasteiger partial charge is 0.586 e. The summed E-state index contributed by atoms with van der Waals surface area (Å²) in [4.78, 5) is 14.0. The van der Waals surface area contributed by atoms with E-state index in [1.807, 2.05) is 4.98 Å². The number of hydrogen-bond acceptors (Lipinski definition) is 3. The van der Waals surface area contributed by atoms with Crippen LogP contribution in [0.4, 0.5) is 22.0 Å². The van der Waals surface area contributed by atoms with Crippen molar-refractivity contribution in [2.75, 3.05) is 0 Å². The van der Waals surface area contributed by atoms with Gasteiger partial charge in [-0.15, -0.1) is 8.78 Å². The van der Waals surface area contributed by atoms with Gasteiger partial charge in [0.05, 0.1) is 5.52 Å². The van der Waals surface area contributed by atoms with Gasteiger partial charge >= 0.3 is 12.5 Å². The fraction of sp³-hybridized carbons (Fsp3) is 0.250. The Morgan fingerprint density at radius 3 is 2.29 bits per heavy atom. The number of nitrogens with one attached hydrogen (secondary N) is 1. The lowest BCUT2D eigenvalue weighted by atomic mass is 10.1. The number of hydrogen-bond donors (Lipinski definition) is 1. The molecule has 4 nitrogen and oxygen atoms in total. The van der Waals surface area contributed by atoms with Crippen molar-refractivity contribution in [1.82, 2.24) is 4.98 Å². The van der Waals surface area contributed by atoms with E-state index < -0.39 is 40.7 Å². The Kier molecular flexibility index (Phi) is 2.51. The summed E-state index contributed by atoms with van der Waals surface area (Å²) in [6, 6.07) is 1.80. The zero-order valence-electron chi connectivity index (χ0n) is 10.3. The van der Waals surface area contributed by atoms with E-state index in [0.717, 1.165) is 19.1 Å². The molecule has 0 amide bonds. The molecule has 0 atom stereocenters. The van der Waals surface area contributed by atoms with Crippen LogP contribution in [-0.2, 0) is 6.18 Å². The molecule has 0 unspecified atom stereocenters. The first-order valence-corrected chi connectivity index (χ1v) is 5.62. The van der Waals surface area contributed by atoms with Crippen LogP contribution in [0.15, 0.2) is 16.9 Å². The van der Waals surface area contributed by atoms with Crippen LogP contribution in [0.1, 0.15) is 11.3 Å². The number of halogens is 5. The molecule has 0 fully saturated rings. The van der Waals surface area contributed by atoms with Gasteiger partial charge in [0.25, 0.3) is 0 Å². The summed E-state index contributed by atoms with van der Waals surface area (Å²) >= 11 is 0. The van der Waals surface area contributed by atoms with Gasteiger partial charge in [-0.3, -0.25) is 4.79 Å². The topological polar surface area (TPSA) is 51.3 Å². The number of rotatable bonds is 0. The summed E-state index contributed by atoms with van der Waals surface area (Å²) in [5.41, 5.74) is -2.97. The van der Waals surface area contributed by atoms with E-state index in [4.69, 9.17) is 0 Å². The number of alkyl halides is 5. The maximum Gasteiger partial charge on any atom is 0.586 e. The van der Waals surface area contributed by atoms with Crippen LogP contribution in [0.2, 0.25) is 0 Å². The fourth-order valence-electron chi connectivity index (χ4n) is 2.12. The molecule has 1 aromatic heterocycles. The number of benzene rings is 1. The minimum atomic E-state index is -4.77. The molecular formula is C12H6F5NO3. The first-order valence-electron chi connectivity index (χ1n) is 5.62. The molecule has 21 heavy (non-hydrogen) atoms. The van der Waals surface area contributed by atoms with Gasteiger partial charge in [0.15, 0.2) is 16.9 Å². The van der Waals surface area contributed by atoms with Gasteiger partial charge in [0, 0.05) is 17.0 Å². The predicted octanol–water partition coefficient (Wildman–Crippen LogP) is 3.18. The highest BCUT2D eigenvalue weighted by atomic mass is 19.4. The Labute approximate surface area is 113 Å². The Bertz CT molecular complexity index is 809. The van der Waals surface area contributed by atoms with E-state index in [1.54, 1.807) is 0 Å². The van der Waals surface area contributed by atoms with Crippen molar-refractivity contribution in [3.05, 3.63) is 33.6 Å². The average Bonchev–Trinajstić information content (AvgIpc) is 2.63. The fourth-order valence-corrected chi connectivity index (χ4v) is 2.12. The van der Waals surface area contributed by atoms with Gasteiger partial charge in [-0.1, -0.05) is 0 Å². The smallest absolute Gasteiger partial charge is 0.395 e. The Balaban J connectivity index is 2.31. The molecule has 1 aliphatic heterocycles. The van der Waals surface area contributed by atoms with Crippen molar-refractivity contribution < 1.29 is 31.4 Å². The van der Waals surface area contributed by atoms with Gasteiger partial charge in [-0.25, -0.2) is 0 Å². The van der Waals surface area contributed by atoms with Crippen molar-refractivity contribution in [3.63, 3.8) is 0 Å². The molecule has 112 valence electrons. The first-order chi connectivity index (χ1) is 9.58. The predicted molar refractivity (Wildman–Crippen MR) is 60.5 cm³/mol. The first kappa shape index (κ1) is 13.7. The number of aromatic amines is 1. The Morgan fingerprint density at radius 1 is 1.14 bits per heavy atom. The molecule has 0 aliphatic carbocycles. The summed E-state index contributed by atoms with van der Waals surface area (Å²) in [6.45, 7) is 1.00. The molecule has 1 aromatic carbocycles. The third kappa shape index (κ3) is 2.08. The van der Waals surface area contributed by atoms with Crippen molar-refractivity contribution in [3.8, 4) is 11.5 Å². The molecule has 0 bridgehead atoms. The summed E-state index contributed by atoms with van der Waals surface area (Å²) in [5, 5.41) is -0.194. The molecular weight excluding hydrogens is 301 g/mol. The number of aromatic nitrogens is 1. The van der Waals surface area contributed by atoms with Gasteiger partial charge in [0.2, 0.25) is 0 Å². The minimum absolute atomic E-state index is 0.194. The summed E-state index contributed by atoms with van der Waals surface area (Å²) in [5.74, 6) is -0.850. The van der Waals surface area contributed by atoms with E-state index in [-0.39, 0.29) is 10.9 Å². The Hall–Kier alpha value is -2.32. The van der Waals surface area contributed by atoms with Crippen molar-refractivity contribution in [2.24, 2.45) is 0 Å². The highest BCUT2D eigenvalue weighted by Crippen LogP contribution is 2.43. The van der Waals surface area contributed by atoms with E-state index in [9.17, 15) is 26.7 Å². The third-order valence-corrected chi connectivity index (χ3v) is 3.04. The summed E-state index contributed by atoms with van der Waals surface area (Å²) < 4.78 is 72.6. The normalized spacial score (nSPS) is 16.5.